The number of anilines is 1. The second-order valence-electron chi connectivity index (χ2n) is 6.00. The van der Waals surface area contributed by atoms with Crippen LogP contribution in [0.15, 0.2) is 46.4 Å². The first-order valence-corrected chi connectivity index (χ1v) is 8.80. The lowest BCUT2D eigenvalue weighted by atomic mass is 10.0. The fourth-order valence-electron chi connectivity index (χ4n) is 2.85. The molecule has 2 aromatic carbocycles. The third-order valence-corrected chi connectivity index (χ3v) is 4.78. The Morgan fingerprint density at radius 1 is 1.07 bits per heavy atom. The fraction of sp³-hybridized carbons (Fsp3) is 0.105. The topological polar surface area (TPSA) is 84.9 Å². The van der Waals surface area contributed by atoms with Crippen LogP contribution in [0.2, 0.25) is 0 Å². The van der Waals surface area contributed by atoms with Gasteiger partial charge in [0, 0.05) is 4.47 Å². The van der Waals surface area contributed by atoms with Crippen LogP contribution in [-0.2, 0) is 9.59 Å². The van der Waals surface area contributed by atoms with Crippen LogP contribution in [-0.4, -0.2) is 24.6 Å². The monoisotopic (exact) mass is 428 g/mol. The van der Waals surface area contributed by atoms with Crippen LogP contribution in [0.5, 0.6) is 11.5 Å². The number of carbonyl (C=O) groups excluding carboxylic acids is 3. The molecule has 1 saturated heterocycles. The zero-order chi connectivity index (χ0) is 19.1. The summed E-state index contributed by atoms with van der Waals surface area (Å²) in [6.45, 7) is 1.96. The van der Waals surface area contributed by atoms with Crippen molar-refractivity contribution in [2.45, 2.75) is 6.92 Å². The molecule has 0 bridgehead atoms. The van der Waals surface area contributed by atoms with Gasteiger partial charge in [-0.15, -0.1) is 0 Å². The first-order valence-electron chi connectivity index (χ1n) is 8.01. The summed E-state index contributed by atoms with van der Waals surface area (Å²) in [6.07, 6.45) is 1.45. The molecule has 4 rings (SSSR count). The normalized spacial score (nSPS) is 17.5. The number of benzene rings is 2. The molecule has 0 aromatic heterocycles. The van der Waals surface area contributed by atoms with Crippen molar-refractivity contribution in [3.63, 3.8) is 0 Å². The summed E-state index contributed by atoms with van der Waals surface area (Å²) >= 11 is 3.31. The van der Waals surface area contributed by atoms with Crippen molar-refractivity contribution in [2.24, 2.45) is 0 Å². The Morgan fingerprint density at radius 2 is 1.74 bits per heavy atom. The predicted octanol–water partition coefficient (Wildman–Crippen LogP) is 3.15. The first kappa shape index (κ1) is 17.3. The van der Waals surface area contributed by atoms with E-state index in [1.165, 1.54) is 6.08 Å². The maximum Gasteiger partial charge on any atom is 0.335 e. The van der Waals surface area contributed by atoms with Crippen molar-refractivity contribution in [2.75, 3.05) is 11.7 Å². The molecule has 1 N–H and O–H groups in total. The minimum atomic E-state index is -0.785. The second-order valence-corrected chi connectivity index (χ2v) is 6.91. The molecule has 0 aliphatic carbocycles. The number of hydrogen-bond acceptors (Lipinski definition) is 5. The molecule has 2 heterocycles. The minimum absolute atomic E-state index is 0.125. The number of barbiturate groups is 1. The van der Waals surface area contributed by atoms with Crippen LogP contribution in [0.25, 0.3) is 6.08 Å². The van der Waals surface area contributed by atoms with E-state index in [9.17, 15) is 14.4 Å². The van der Waals surface area contributed by atoms with Crippen molar-refractivity contribution < 1.29 is 23.9 Å². The van der Waals surface area contributed by atoms with Gasteiger partial charge in [-0.1, -0.05) is 15.9 Å². The molecule has 1 fully saturated rings. The van der Waals surface area contributed by atoms with Crippen LogP contribution in [0.1, 0.15) is 11.1 Å². The zero-order valence-electron chi connectivity index (χ0n) is 14.1. The Morgan fingerprint density at radius 3 is 2.44 bits per heavy atom. The molecule has 2 aliphatic heterocycles. The number of amides is 4. The zero-order valence-corrected chi connectivity index (χ0v) is 15.7. The number of aryl methyl sites for hydroxylation is 1. The largest absolute Gasteiger partial charge is 0.454 e. The lowest BCUT2D eigenvalue weighted by Crippen LogP contribution is -2.54. The highest BCUT2D eigenvalue weighted by atomic mass is 79.9. The maximum atomic E-state index is 12.9. The lowest BCUT2D eigenvalue weighted by Gasteiger charge is -2.26. The highest BCUT2D eigenvalue weighted by Crippen LogP contribution is 2.35. The number of halogens is 1. The Labute approximate surface area is 162 Å². The van der Waals surface area contributed by atoms with Gasteiger partial charge >= 0.3 is 6.03 Å². The predicted molar refractivity (Wildman–Crippen MR) is 100 cm³/mol. The molecule has 2 aliphatic rings. The molecular weight excluding hydrogens is 416 g/mol. The Balaban J connectivity index is 1.75. The van der Waals surface area contributed by atoms with Gasteiger partial charge in [-0.25, -0.2) is 9.69 Å². The Kier molecular flexibility index (Phi) is 4.19. The van der Waals surface area contributed by atoms with Gasteiger partial charge in [0.05, 0.1) is 5.69 Å². The van der Waals surface area contributed by atoms with Crippen LogP contribution < -0.4 is 19.7 Å². The highest BCUT2D eigenvalue weighted by Gasteiger charge is 2.37. The quantitative estimate of drug-likeness (QED) is 0.586. The van der Waals surface area contributed by atoms with Gasteiger partial charge in [-0.3, -0.25) is 14.9 Å². The second kappa shape index (κ2) is 6.55. The smallest absolute Gasteiger partial charge is 0.335 e. The van der Waals surface area contributed by atoms with Crippen LogP contribution >= 0.6 is 15.9 Å². The Hall–Kier alpha value is -3.13. The number of imide groups is 2. The summed E-state index contributed by atoms with van der Waals surface area (Å²) in [5.41, 5.74) is 1.66. The number of hydrogen-bond donors (Lipinski definition) is 1. The molecule has 0 unspecified atom stereocenters. The van der Waals surface area contributed by atoms with Crippen molar-refractivity contribution in [1.29, 1.82) is 0 Å². The molecule has 4 amide bonds. The number of urea groups is 1. The van der Waals surface area contributed by atoms with E-state index in [1.807, 2.05) is 6.92 Å². The van der Waals surface area contributed by atoms with E-state index in [2.05, 4.69) is 21.2 Å². The van der Waals surface area contributed by atoms with Crippen molar-refractivity contribution in [1.82, 2.24) is 5.32 Å². The van der Waals surface area contributed by atoms with E-state index in [0.717, 1.165) is 14.9 Å². The number of ether oxygens (including phenoxy) is 2. The molecule has 2 aromatic rings. The number of rotatable bonds is 2. The molecule has 136 valence electrons. The van der Waals surface area contributed by atoms with Gasteiger partial charge in [0.2, 0.25) is 6.79 Å². The minimum Gasteiger partial charge on any atom is -0.454 e. The first-order chi connectivity index (χ1) is 12.9. The van der Waals surface area contributed by atoms with Gasteiger partial charge in [0.1, 0.15) is 5.57 Å². The van der Waals surface area contributed by atoms with Crippen LogP contribution in [0.4, 0.5) is 10.5 Å². The summed E-state index contributed by atoms with van der Waals surface area (Å²) in [5.74, 6) is -0.281. The maximum absolute atomic E-state index is 12.9. The molecular formula is C19H13BrN2O5. The van der Waals surface area contributed by atoms with E-state index in [4.69, 9.17) is 9.47 Å². The molecule has 0 spiro atoms. The highest BCUT2D eigenvalue weighted by molar-refractivity contribution is 9.10. The number of fused-ring (bicyclic) bond motifs is 1. The fourth-order valence-corrected chi connectivity index (χ4v) is 3.12. The standard InChI is InChI=1S/C19H13BrN2O5/c1-10-6-15-16(27-9-26-15)8-11(10)7-14-17(23)21-19(25)22(18(14)24)13-4-2-12(20)3-5-13/h2-8H,9H2,1H3,(H,21,23,25)/b14-7+. The van der Waals surface area contributed by atoms with Crippen molar-refractivity contribution in [3.8, 4) is 11.5 Å². The molecule has 0 radical (unpaired) electrons. The van der Waals surface area contributed by atoms with Crippen LogP contribution in [0.3, 0.4) is 0 Å². The third kappa shape index (κ3) is 3.08. The van der Waals surface area contributed by atoms with Crippen LogP contribution in [0, 0.1) is 6.92 Å². The van der Waals surface area contributed by atoms with E-state index in [-0.39, 0.29) is 12.4 Å². The van der Waals surface area contributed by atoms with E-state index in [0.29, 0.717) is 22.7 Å². The van der Waals surface area contributed by atoms with Gasteiger partial charge in [0.25, 0.3) is 11.8 Å². The summed E-state index contributed by atoms with van der Waals surface area (Å²) in [5, 5.41) is 2.21. The molecule has 7 nitrogen and oxygen atoms in total. The van der Waals surface area contributed by atoms with Gasteiger partial charge in [-0.05, 0) is 60.5 Å². The summed E-state index contributed by atoms with van der Waals surface area (Å²) in [7, 11) is 0. The molecule has 0 saturated carbocycles. The number of nitrogens with one attached hydrogen (secondary N) is 1. The molecule has 8 heteroatoms. The van der Waals surface area contributed by atoms with Crippen molar-refractivity contribution >= 4 is 45.5 Å². The van der Waals surface area contributed by atoms with E-state index < -0.39 is 17.8 Å². The van der Waals surface area contributed by atoms with Crippen molar-refractivity contribution in [3.05, 3.63) is 57.6 Å². The third-order valence-electron chi connectivity index (χ3n) is 4.25. The number of nitrogens with zero attached hydrogens (tertiary/aromatic N) is 1. The summed E-state index contributed by atoms with van der Waals surface area (Å²) in [6, 6.07) is 9.33. The number of carbonyl (C=O) groups is 3. The molecule has 27 heavy (non-hydrogen) atoms. The van der Waals surface area contributed by atoms with Gasteiger partial charge in [0.15, 0.2) is 11.5 Å². The van der Waals surface area contributed by atoms with E-state index in [1.54, 1.807) is 36.4 Å². The average Bonchev–Trinajstić information content (AvgIpc) is 3.07. The van der Waals surface area contributed by atoms with Gasteiger partial charge < -0.3 is 9.47 Å². The average molecular weight is 429 g/mol. The summed E-state index contributed by atoms with van der Waals surface area (Å²) < 4.78 is 11.5. The SMILES string of the molecule is Cc1cc2c(cc1/C=C1\C(=O)NC(=O)N(c3ccc(Br)cc3)C1=O)OCO2. The summed E-state index contributed by atoms with van der Waals surface area (Å²) in [4.78, 5) is 38.3. The molecule has 0 atom stereocenters. The van der Waals surface area contributed by atoms with E-state index >= 15 is 0 Å². The van der Waals surface area contributed by atoms with Gasteiger partial charge in [-0.2, -0.15) is 0 Å². The lowest BCUT2D eigenvalue weighted by molar-refractivity contribution is -0.122. The Bertz CT molecular complexity index is 1010.